The molecule has 0 saturated carbocycles. The summed E-state index contributed by atoms with van der Waals surface area (Å²) in [5.41, 5.74) is 1.25. The number of hydrogen-bond acceptors (Lipinski definition) is 9. The number of fused-ring (bicyclic) bond motifs is 1. The number of benzene rings is 2. The lowest BCUT2D eigenvalue weighted by Crippen LogP contribution is -2.37. The number of aromatic nitrogens is 5. The Hall–Kier alpha value is -3.75. The van der Waals surface area contributed by atoms with Crippen molar-refractivity contribution in [1.29, 1.82) is 0 Å². The summed E-state index contributed by atoms with van der Waals surface area (Å²) in [6.45, 7) is 2.95. The van der Waals surface area contributed by atoms with Crippen molar-refractivity contribution in [3.05, 3.63) is 54.4 Å². The van der Waals surface area contributed by atoms with Crippen molar-refractivity contribution in [3.8, 4) is 5.95 Å². The zero-order valence-electron chi connectivity index (χ0n) is 21.6. The lowest BCUT2D eigenvalue weighted by Gasteiger charge is -2.27. The van der Waals surface area contributed by atoms with Crippen LogP contribution in [0.1, 0.15) is 31.5 Å². The van der Waals surface area contributed by atoms with Crippen molar-refractivity contribution in [2.24, 2.45) is 0 Å². The highest BCUT2D eigenvalue weighted by Gasteiger charge is 2.27. The molecule has 4 heterocycles. The average molecular weight is 571 g/mol. The van der Waals surface area contributed by atoms with E-state index in [1.807, 2.05) is 4.90 Å². The van der Waals surface area contributed by atoms with E-state index >= 15 is 0 Å². The van der Waals surface area contributed by atoms with E-state index in [0.29, 0.717) is 56.1 Å². The van der Waals surface area contributed by atoms with Crippen LogP contribution in [0.25, 0.3) is 17.0 Å². The molecule has 14 heteroatoms. The molecule has 40 heavy (non-hydrogen) atoms. The molecule has 0 radical (unpaired) electrons. The number of hydrogen-bond donors (Lipinski definition) is 1. The summed E-state index contributed by atoms with van der Waals surface area (Å²) in [5, 5.41) is 3.07. The number of morpholine rings is 1. The Balaban J connectivity index is 1.41. The summed E-state index contributed by atoms with van der Waals surface area (Å²) in [6, 6.07) is 13.2. The Morgan fingerprint density at radius 1 is 0.850 bits per heavy atom. The first-order chi connectivity index (χ1) is 19.4. The van der Waals surface area contributed by atoms with Gasteiger partial charge in [-0.05, 0) is 43.2 Å². The summed E-state index contributed by atoms with van der Waals surface area (Å²) >= 11 is 0. The van der Waals surface area contributed by atoms with Gasteiger partial charge in [-0.1, -0.05) is 24.6 Å². The first-order valence-corrected chi connectivity index (χ1v) is 14.6. The van der Waals surface area contributed by atoms with Crippen LogP contribution in [0.3, 0.4) is 0 Å². The molecule has 2 aromatic carbocycles. The molecule has 0 unspecified atom stereocenters. The molecule has 0 aliphatic carbocycles. The van der Waals surface area contributed by atoms with E-state index in [9.17, 15) is 17.2 Å². The normalized spacial score (nSPS) is 17.0. The van der Waals surface area contributed by atoms with E-state index in [0.717, 1.165) is 19.3 Å². The molecule has 0 bridgehead atoms. The maximum atomic E-state index is 14.1. The van der Waals surface area contributed by atoms with Gasteiger partial charge in [-0.2, -0.15) is 19.3 Å². The number of piperidine rings is 1. The van der Waals surface area contributed by atoms with Crippen molar-refractivity contribution >= 4 is 38.6 Å². The topological polar surface area (TPSA) is 118 Å². The maximum absolute atomic E-state index is 14.1. The molecule has 11 nitrogen and oxygen atoms in total. The fourth-order valence-electron chi connectivity index (χ4n) is 4.93. The van der Waals surface area contributed by atoms with E-state index < -0.39 is 22.3 Å². The summed E-state index contributed by atoms with van der Waals surface area (Å²) in [5.74, 6) is -0.149. The maximum Gasteiger partial charge on any atom is 0.296 e. The molecule has 2 aromatic heterocycles. The predicted octanol–water partition coefficient (Wildman–Crippen LogP) is 3.90. The number of halogens is 2. The Bertz CT molecular complexity index is 1620. The lowest BCUT2D eigenvalue weighted by molar-refractivity contribution is 0.122. The molecule has 0 spiro atoms. The first-order valence-electron chi connectivity index (χ1n) is 13.1. The highest BCUT2D eigenvalue weighted by molar-refractivity contribution is 7.89. The number of rotatable bonds is 7. The number of para-hydroxylation sites is 2. The van der Waals surface area contributed by atoms with Gasteiger partial charge in [-0.3, -0.25) is 4.57 Å². The Morgan fingerprint density at radius 2 is 1.60 bits per heavy atom. The van der Waals surface area contributed by atoms with Gasteiger partial charge in [-0.25, -0.2) is 22.2 Å². The van der Waals surface area contributed by atoms with Crippen molar-refractivity contribution in [1.82, 2.24) is 28.8 Å². The third-order valence-electron chi connectivity index (χ3n) is 6.93. The van der Waals surface area contributed by atoms with E-state index in [2.05, 4.69) is 25.3 Å². The summed E-state index contributed by atoms with van der Waals surface area (Å²) in [4.78, 5) is 19.7. The number of nitrogens with zero attached hydrogens (tertiary/aromatic N) is 7. The SMILES string of the molecule is O=S(=O)(c1cccc(Nc2nc(N3CCOCC3)nc(-n3c(C(F)F)nc4ccccc43)n2)c1)N1CCCCC1. The van der Waals surface area contributed by atoms with Gasteiger partial charge in [-0.15, -0.1) is 0 Å². The van der Waals surface area contributed by atoms with Crippen molar-refractivity contribution in [2.45, 2.75) is 30.6 Å². The van der Waals surface area contributed by atoms with E-state index in [4.69, 9.17) is 4.74 Å². The molecule has 2 aliphatic heterocycles. The molecule has 2 aliphatic rings. The van der Waals surface area contributed by atoms with Crippen LogP contribution in [0, 0.1) is 0 Å². The smallest absolute Gasteiger partial charge is 0.296 e. The van der Waals surface area contributed by atoms with Crippen molar-refractivity contribution in [2.75, 3.05) is 49.6 Å². The minimum Gasteiger partial charge on any atom is -0.378 e. The van der Waals surface area contributed by atoms with E-state index in [1.165, 1.54) is 14.9 Å². The molecule has 2 saturated heterocycles. The lowest BCUT2D eigenvalue weighted by atomic mass is 10.2. The third kappa shape index (κ3) is 5.21. The quantitative estimate of drug-likeness (QED) is 0.353. The van der Waals surface area contributed by atoms with Crippen LogP contribution in [0.2, 0.25) is 0 Å². The molecule has 2 fully saturated rings. The minimum atomic E-state index is -3.66. The van der Waals surface area contributed by atoms with Crippen LogP contribution in [0.15, 0.2) is 53.4 Å². The zero-order valence-corrected chi connectivity index (χ0v) is 22.4. The fourth-order valence-corrected chi connectivity index (χ4v) is 6.50. The Labute approximate surface area is 229 Å². The number of imidazole rings is 1. The second-order valence-corrected chi connectivity index (χ2v) is 11.5. The Morgan fingerprint density at radius 3 is 2.38 bits per heavy atom. The van der Waals surface area contributed by atoms with Crippen LogP contribution < -0.4 is 10.2 Å². The number of ether oxygens (including phenoxy) is 1. The van der Waals surface area contributed by atoms with Crippen LogP contribution in [-0.4, -0.2) is 76.6 Å². The van der Waals surface area contributed by atoms with Gasteiger partial charge in [0.1, 0.15) is 0 Å². The monoisotopic (exact) mass is 570 g/mol. The molecular weight excluding hydrogens is 542 g/mol. The largest absolute Gasteiger partial charge is 0.378 e. The van der Waals surface area contributed by atoms with E-state index in [1.54, 1.807) is 42.5 Å². The van der Waals surface area contributed by atoms with Gasteiger partial charge in [0.05, 0.1) is 29.1 Å². The zero-order chi connectivity index (χ0) is 27.7. The van der Waals surface area contributed by atoms with Gasteiger partial charge >= 0.3 is 0 Å². The number of sulfonamides is 1. The van der Waals surface area contributed by atoms with E-state index in [-0.39, 0.29) is 22.7 Å². The third-order valence-corrected chi connectivity index (χ3v) is 8.83. The molecule has 0 amide bonds. The van der Waals surface area contributed by atoms with Gasteiger partial charge in [0.25, 0.3) is 6.43 Å². The Kier molecular flexibility index (Phi) is 7.29. The van der Waals surface area contributed by atoms with Gasteiger partial charge in [0.2, 0.25) is 27.9 Å². The minimum absolute atomic E-state index is 0.0277. The predicted molar refractivity (Wildman–Crippen MR) is 145 cm³/mol. The van der Waals surface area contributed by atoms with Gasteiger partial charge in [0, 0.05) is 31.9 Å². The molecule has 0 atom stereocenters. The standard InChI is InChI=1S/C26H28F2N8O3S/c27-22(28)23-30-20-9-2-3-10-21(20)36(23)26-32-24(31-25(33-26)34-13-15-39-16-14-34)29-18-7-6-8-19(17-18)40(37,38)35-11-4-1-5-12-35/h2-3,6-10,17,22H,1,4-5,11-16H2,(H,29,31,32,33). The molecule has 210 valence electrons. The van der Waals surface area contributed by atoms with Crippen molar-refractivity contribution < 1.29 is 21.9 Å². The number of anilines is 3. The number of nitrogens with one attached hydrogen (secondary N) is 1. The molecule has 1 N–H and O–H groups in total. The average Bonchev–Trinajstić information content (AvgIpc) is 3.38. The van der Waals surface area contributed by atoms with Crippen LogP contribution in [0.5, 0.6) is 0 Å². The summed E-state index contributed by atoms with van der Waals surface area (Å²) in [6.07, 6.45) is -0.193. The van der Waals surface area contributed by atoms with Crippen molar-refractivity contribution in [3.63, 3.8) is 0 Å². The van der Waals surface area contributed by atoms with Crippen LogP contribution in [0.4, 0.5) is 26.4 Å². The highest BCUT2D eigenvalue weighted by Crippen LogP contribution is 2.29. The highest BCUT2D eigenvalue weighted by atomic mass is 32.2. The summed E-state index contributed by atoms with van der Waals surface area (Å²) < 4.78 is 62.9. The molecule has 6 rings (SSSR count). The van der Waals surface area contributed by atoms with Crippen LogP contribution in [-0.2, 0) is 14.8 Å². The second-order valence-electron chi connectivity index (χ2n) is 9.57. The van der Waals surface area contributed by atoms with Crippen LogP contribution >= 0.6 is 0 Å². The van der Waals surface area contributed by atoms with Gasteiger partial charge < -0.3 is 15.0 Å². The molecular formula is C26H28F2N8O3S. The second kappa shape index (κ2) is 11.0. The number of alkyl halides is 2. The molecule has 4 aromatic rings. The first kappa shape index (κ1) is 26.5. The fraction of sp³-hybridized carbons (Fsp3) is 0.385. The summed E-state index contributed by atoms with van der Waals surface area (Å²) in [7, 11) is -3.66. The van der Waals surface area contributed by atoms with Gasteiger partial charge in [0.15, 0.2) is 5.82 Å².